The molecule has 0 aromatic carbocycles. The van der Waals surface area contributed by atoms with Crippen molar-refractivity contribution in [1.29, 1.82) is 0 Å². The van der Waals surface area contributed by atoms with Crippen LogP contribution >= 0.6 is 23.4 Å². The summed E-state index contributed by atoms with van der Waals surface area (Å²) in [5.74, 6) is 0.605. The van der Waals surface area contributed by atoms with Crippen LogP contribution in [0.3, 0.4) is 0 Å². The average Bonchev–Trinajstić information content (AvgIpc) is 3.03. The number of thioether (sulfide) groups is 1. The second-order valence-electron chi connectivity index (χ2n) is 4.72. The summed E-state index contributed by atoms with van der Waals surface area (Å²) in [6.45, 7) is 2.80. The Kier molecular flexibility index (Phi) is 3.85. The molecule has 2 heterocycles. The number of hydrogen-bond donors (Lipinski definition) is 1. The Hall–Kier alpha value is -1.27. The minimum Gasteiger partial charge on any atom is -0.301 e. The van der Waals surface area contributed by atoms with E-state index in [4.69, 9.17) is 11.6 Å². The van der Waals surface area contributed by atoms with Gasteiger partial charge in [-0.25, -0.2) is 4.98 Å². The molecule has 5 nitrogen and oxygen atoms in total. The number of halogens is 1. The molecule has 0 bridgehead atoms. The maximum absolute atomic E-state index is 11.9. The number of hydrogen-bond acceptors (Lipinski definition) is 4. The van der Waals surface area contributed by atoms with E-state index in [1.807, 2.05) is 13.1 Å². The van der Waals surface area contributed by atoms with E-state index in [-0.39, 0.29) is 5.56 Å². The molecule has 0 aliphatic heterocycles. The lowest BCUT2D eigenvalue weighted by atomic mass is 10.3. The predicted molar refractivity (Wildman–Crippen MR) is 79.4 cm³/mol. The highest BCUT2D eigenvalue weighted by atomic mass is 35.5. The average molecular weight is 311 g/mol. The lowest BCUT2D eigenvalue weighted by Crippen LogP contribution is -2.14. The van der Waals surface area contributed by atoms with E-state index >= 15 is 0 Å². The third kappa shape index (κ3) is 2.62. The molecule has 0 fully saturated rings. The summed E-state index contributed by atoms with van der Waals surface area (Å²) in [7, 11) is 0. The topological polar surface area (TPSA) is 63.6 Å². The molecule has 0 amide bonds. The molecule has 0 atom stereocenters. The number of aromatic amines is 1. The highest BCUT2D eigenvalue weighted by Crippen LogP contribution is 2.24. The van der Waals surface area contributed by atoms with Crippen molar-refractivity contribution >= 4 is 23.4 Å². The number of nitrogens with one attached hydrogen (secondary N) is 1. The van der Waals surface area contributed by atoms with Crippen molar-refractivity contribution in [1.82, 2.24) is 19.7 Å². The van der Waals surface area contributed by atoms with Gasteiger partial charge in [-0.2, -0.15) is 5.10 Å². The molecule has 2 aromatic heterocycles. The fraction of sp³-hybridized carbons (Fsp3) is 0.462. The van der Waals surface area contributed by atoms with Gasteiger partial charge < -0.3 is 4.98 Å². The Morgan fingerprint density at radius 2 is 2.35 bits per heavy atom. The van der Waals surface area contributed by atoms with Crippen molar-refractivity contribution in [2.45, 2.75) is 43.6 Å². The van der Waals surface area contributed by atoms with E-state index in [1.54, 1.807) is 4.68 Å². The first-order valence-corrected chi connectivity index (χ1v) is 8.00. The molecule has 0 unspecified atom stereocenters. The SMILES string of the molecule is CCn1cc(Cl)c(CSc2nc3c(c(=O)[nH]2)CCC3)n1. The van der Waals surface area contributed by atoms with Crippen LogP contribution in [0, 0.1) is 0 Å². The quantitative estimate of drug-likeness (QED) is 0.696. The summed E-state index contributed by atoms with van der Waals surface area (Å²) < 4.78 is 1.80. The monoisotopic (exact) mass is 310 g/mol. The van der Waals surface area contributed by atoms with Gasteiger partial charge in [0.2, 0.25) is 0 Å². The van der Waals surface area contributed by atoms with Gasteiger partial charge in [0.1, 0.15) is 0 Å². The largest absolute Gasteiger partial charge is 0.301 e. The van der Waals surface area contributed by atoms with E-state index in [0.29, 0.717) is 15.9 Å². The first-order valence-electron chi connectivity index (χ1n) is 6.64. The minimum atomic E-state index is 0.000171. The number of rotatable bonds is 4. The molecule has 0 radical (unpaired) electrons. The van der Waals surface area contributed by atoms with Crippen molar-refractivity contribution < 1.29 is 0 Å². The van der Waals surface area contributed by atoms with Crippen LogP contribution in [0.4, 0.5) is 0 Å². The van der Waals surface area contributed by atoms with Gasteiger partial charge in [-0.15, -0.1) is 0 Å². The predicted octanol–water partition coefficient (Wildman–Crippen LogP) is 2.42. The van der Waals surface area contributed by atoms with Crippen molar-refractivity contribution in [2.24, 2.45) is 0 Å². The van der Waals surface area contributed by atoms with E-state index in [2.05, 4.69) is 15.1 Å². The fourth-order valence-corrected chi connectivity index (χ4v) is 3.44. The van der Waals surface area contributed by atoms with Crippen molar-refractivity contribution in [3.63, 3.8) is 0 Å². The Bertz CT molecular complexity index is 694. The zero-order valence-corrected chi connectivity index (χ0v) is 12.7. The highest BCUT2D eigenvalue weighted by molar-refractivity contribution is 7.98. The molecular formula is C13H15ClN4OS. The van der Waals surface area contributed by atoms with Crippen LogP contribution in [0.2, 0.25) is 5.02 Å². The van der Waals surface area contributed by atoms with Crippen molar-refractivity contribution in [3.05, 3.63) is 38.5 Å². The molecule has 106 valence electrons. The second kappa shape index (κ2) is 5.61. The molecular weight excluding hydrogens is 296 g/mol. The van der Waals surface area contributed by atoms with Gasteiger partial charge in [0.05, 0.1) is 16.4 Å². The molecule has 0 spiro atoms. The van der Waals surface area contributed by atoms with Gasteiger partial charge in [-0.3, -0.25) is 9.48 Å². The first-order chi connectivity index (χ1) is 9.67. The molecule has 0 saturated carbocycles. The molecule has 1 N–H and O–H groups in total. The van der Waals surface area contributed by atoms with E-state index in [0.717, 1.165) is 42.8 Å². The summed E-state index contributed by atoms with van der Waals surface area (Å²) in [6.07, 6.45) is 4.58. The van der Waals surface area contributed by atoms with E-state index in [1.165, 1.54) is 11.8 Å². The number of aromatic nitrogens is 4. The van der Waals surface area contributed by atoms with Gasteiger partial charge in [-0.05, 0) is 26.2 Å². The Morgan fingerprint density at radius 1 is 1.50 bits per heavy atom. The third-order valence-electron chi connectivity index (χ3n) is 3.38. The number of nitrogens with zero attached hydrogens (tertiary/aromatic N) is 3. The number of aryl methyl sites for hydroxylation is 2. The molecule has 2 aromatic rings. The standard InChI is InChI=1S/C13H15ClN4OS/c1-2-18-6-9(14)11(17-18)7-20-13-15-10-5-3-4-8(10)12(19)16-13/h6H,2-5,7H2,1H3,(H,15,16,19). The first kappa shape index (κ1) is 13.7. The van der Waals surface area contributed by atoms with Gasteiger partial charge in [0.15, 0.2) is 5.16 Å². The maximum atomic E-state index is 11.9. The molecule has 3 rings (SSSR count). The lowest BCUT2D eigenvalue weighted by Gasteiger charge is -2.02. The Morgan fingerprint density at radius 3 is 3.10 bits per heavy atom. The van der Waals surface area contributed by atoms with Gasteiger partial charge in [0.25, 0.3) is 5.56 Å². The van der Waals surface area contributed by atoms with Crippen LogP contribution in [-0.4, -0.2) is 19.7 Å². The van der Waals surface area contributed by atoms with Gasteiger partial charge in [0, 0.05) is 24.1 Å². The minimum absolute atomic E-state index is 0.000171. The van der Waals surface area contributed by atoms with Crippen molar-refractivity contribution in [3.8, 4) is 0 Å². The molecule has 0 saturated heterocycles. The van der Waals surface area contributed by atoms with E-state index < -0.39 is 0 Å². The van der Waals surface area contributed by atoms with Gasteiger partial charge in [-0.1, -0.05) is 23.4 Å². The highest BCUT2D eigenvalue weighted by Gasteiger charge is 2.17. The molecule has 20 heavy (non-hydrogen) atoms. The van der Waals surface area contributed by atoms with Crippen LogP contribution in [0.1, 0.15) is 30.3 Å². The van der Waals surface area contributed by atoms with Crippen LogP contribution < -0.4 is 5.56 Å². The molecule has 7 heteroatoms. The summed E-state index contributed by atoms with van der Waals surface area (Å²) >= 11 is 7.59. The van der Waals surface area contributed by atoms with Crippen LogP contribution in [0.5, 0.6) is 0 Å². The normalized spacial score (nSPS) is 13.7. The molecule has 1 aliphatic rings. The summed E-state index contributed by atoms with van der Waals surface area (Å²) in [5, 5.41) is 5.69. The zero-order valence-electron chi connectivity index (χ0n) is 11.1. The summed E-state index contributed by atoms with van der Waals surface area (Å²) in [5.41, 5.74) is 2.62. The number of fused-ring (bicyclic) bond motifs is 1. The summed E-state index contributed by atoms with van der Waals surface area (Å²) in [6, 6.07) is 0. The van der Waals surface area contributed by atoms with Crippen LogP contribution in [0.25, 0.3) is 0 Å². The zero-order chi connectivity index (χ0) is 14.1. The molecule has 1 aliphatic carbocycles. The smallest absolute Gasteiger partial charge is 0.254 e. The second-order valence-corrected chi connectivity index (χ2v) is 6.09. The lowest BCUT2D eigenvalue weighted by molar-refractivity contribution is 0.652. The van der Waals surface area contributed by atoms with Crippen LogP contribution in [0.15, 0.2) is 16.1 Å². The Labute approximate surface area is 125 Å². The number of H-pyrrole nitrogens is 1. The fourth-order valence-electron chi connectivity index (χ4n) is 2.32. The maximum Gasteiger partial charge on any atom is 0.254 e. The van der Waals surface area contributed by atoms with Crippen molar-refractivity contribution in [2.75, 3.05) is 0 Å². The summed E-state index contributed by atoms with van der Waals surface area (Å²) in [4.78, 5) is 19.3. The third-order valence-corrected chi connectivity index (χ3v) is 4.58. The van der Waals surface area contributed by atoms with Gasteiger partial charge >= 0.3 is 0 Å². The van der Waals surface area contributed by atoms with E-state index in [9.17, 15) is 4.79 Å². The van der Waals surface area contributed by atoms with Crippen LogP contribution in [-0.2, 0) is 25.1 Å². The Balaban J connectivity index is 1.77.